The maximum Gasteiger partial charge on any atom is 0.137 e. The first-order valence-corrected chi connectivity index (χ1v) is 4.09. The summed E-state index contributed by atoms with van der Waals surface area (Å²) in [6, 6.07) is 0. The Morgan fingerprint density at radius 3 is 2.00 bits per heavy atom. The summed E-state index contributed by atoms with van der Waals surface area (Å²) in [5, 5.41) is 0.926. The molecule has 0 saturated carbocycles. The molecule has 60 valence electrons. The van der Waals surface area contributed by atoms with E-state index in [0.717, 1.165) is 12.0 Å². The van der Waals surface area contributed by atoms with Gasteiger partial charge in [0, 0.05) is 5.56 Å². The van der Waals surface area contributed by atoms with Crippen LogP contribution in [0, 0.1) is 6.92 Å². The van der Waals surface area contributed by atoms with Crippen LogP contribution in [0.15, 0.2) is 0 Å². The Morgan fingerprint density at radius 2 is 1.64 bits per heavy atom. The molecule has 0 N–H and O–H groups in total. The summed E-state index contributed by atoms with van der Waals surface area (Å²) in [6.45, 7) is 3.73. The van der Waals surface area contributed by atoms with Crippen LogP contribution in [0.25, 0.3) is 0 Å². The highest BCUT2D eigenvalue weighted by Gasteiger charge is 2.06. The Hall–Kier alpha value is -0.340. The Morgan fingerprint density at radius 1 is 1.18 bits per heavy atom. The third-order valence-corrected chi connectivity index (χ3v) is 2.00. The number of nitrogens with zero attached hydrogens (tertiary/aromatic N) is 2. The molecular weight excluding hydrogens is 183 g/mol. The first-order chi connectivity index (χ1) is 5.15. The maximum absolute atomic E-state index is 5.80. The van der Waals surface area contributed by atoms with Gasteiger partial charge in [0.15, 0.2) is 0 Å². The average molecular weight is 191 g/mol. The van der Waals surface area contributed by atoms with Gasteiger partial charge >= 0.3 is 0 Å². The van der Waals surface area contributed by atoms with Crippen molar-refractivity contribution in [3.63, 3.8) is 0 Å². The smallest absolute Gasteiger partial charge is 0.137 e. The Kier molecular flexibility index (Phi) is 2.68. The van der Waals surface area contributed by atoms with Crippen molar-refractivity contribution in [1.29, 1.82) is 0 Å². The molecule has 1 aromatic heterocycles. The normalized spacial score (nSPS) is 10.2. The van der Waals surface area contributed by atoms with E-state index in [1.165, 1.54) is 0 Å². The third-order valence-electron chi connectivity index (χ3n) is 1.37. The van der Waals surface area contributed by atoms with Crippen LogP contribution in [0.3, 0.4) is 0 Å². The predicted octanol–water partition coefficient (Wildman–Crippen LogP) is 2.65. The van der Waals surface area contributed by atoms with Crippen LogP contribution in [0.4, 0.5) is 0 Å². The summed E-state index contributed by atoms with van der Waals surface area (Å²) in [5.41, 5.74) is 0.818. The number of aromatic nitrogens is 2. The quantitative estimate of drug-likeness (QED) is 0.637. The minimum absolute atomic E-state index is 0.463. The van der Waals surface area contributed by atoms with Crippen molar-refractivity contribution >= 4 is 23.2 Å². The molecule has 1 aromatic rings. The van der Waals surface area contributed by atoms with Crippen molar-refractivity contribution in [1.82, 2.24) is 9.97 Å². The summed E-state index contributed by atoms with van der Waals surface area (Å²) >= 11 is 11.6. The van der Waals surface area contributed by atoms with E-state index in [4.69, 9.17) is 23.2 Å². The topological polar surface area (TPSA) is 25.8 Å². The lowest BCUT2D eigenvalue weighted by atomic mass is 10.3. The van der Waals surface area contributed by atoms with Crippen molar-refractivity contribution in [2.45, 2.75) is 20.3 Å². The molecule has 4 heteroatoms. The molecule has 11 heavy (non-hydrogen) atoms. The number of hydrogen-bond acceptors (Lipinski definition) is 2. The van der Waals surface area contributed by atoms with Crippen LogP contribution in [0.5, 0.6) is 0 Å². The molecule has 0 aliphatic carbocycles. The largest absolute Gasteiger partial charge is 0.221 e. The van der Waals surface area contributed by atoms with Crippen molar-refractivity contribution in [3.05, 3.63) is 21.7 Å². The van der Waals surface area contributed by atoms with Gasteiger partial charge in [0.05, 0.1) is 0 Å². The van der Waals surface area contributed by atoms with Crippen molar-refractivity contribution in [3.8, 4) is 0 Å². The first kappa shape index (κ1) is 8.75. The molecular formula is C7H8Cl2N2. The van der Waals surface area contributed by atoms with Crippen molar-refractivity contribution in [2.24, 2.45) is 0 Å². The number of rotatable bonds is 1. The zero-order valence-corrected chi connectivity index (χ0v) is 7.87. The van der Waals surface area contributed by atoms with Crippen LogP contribution >= 0.6 is 23.2 Å². The lowest BCUT2D eigenvalue weighted by Crippen LogP contribution is -1.95. The summed E-state index contributed by atoms with van der Waals surface area (Å²) in [7, 11) is 0. The summed E-state index contributed by atoms with van der Waals surface area (Å²) in [4.78, 5) is 7.95. The fourth-order valence-electron chi connectivity index (χ4n) is 0.821. The van der Waals surface area contributed by atoms with E-state index in [1.54, 1.807) is 6.92 Å². The Bertz CT molecular complexity index is 250. The van der Waals surface area contributed by atoms with Gasteiger partial charge < -0.3 is 0 Å². The van der Waals surface area contributed by atoms with E-state index in [-0.39, 0.29) is 0 Å². The van der Waals surface area contributed by atoms with Crippen molar-refractivity contribution in [2.75, 3.05) is 0 Å². The van der Waals surface area contributed by atoms with Crippen LogP contribution in [0.2, 0.25) is 10.3 Å². The molecule has 1 rings (SSSR count). The third kappa shape index (κ3) is 1.82. The van der Waals surface area contributed by atoms with Crippen LogP contribution in [-0.4, -0.2) is 9.97 Å². The summed E-state index contributed by atoms with van der Waals surface area (Å²) in [5.74, 6) is 0.609. The van der Waals surface area contributed by atoms with Crippen molar-refractivity contribution < 1.29 is 0 Å². The molecule has 0 saturated heterocycles. The van der Waals surface area contributed by atoms with E-state index < -0.39 is 0 Å². The highest BCUT2D eigenvalue weighted by Crippen LogP contribution is 2.20. The monoisotopic (exact) mass is 190 g/mol. The molecule has 0 spiro atoms. The average Bonchev–Trinajstić information content (AvgIpc) is 1.85. The molecule has 0 aliphatic rings. The second-order valence-corrected chi connectivity index (χ2v) is 2.90. The molecule has 0 aromatic carbocycles. The molecule has 2 nitrogen and oxygen atoms in total. The fourth-order valence-corrected chi connectivity index (χ4v) is 1.56. The van der Waals surface area contributed by atoms with Crippen LogP contribution < -0.4 is 0 Å². The lowest BCUT2D eigenvalue weighted by Gasteiger charge is -2.02. The second-order valence-electron chi connectivity index (χ2n) is 2.18. The van der Waals surface area contributed by atoms with Gasteiger partial charge in [-0.25, -0.2) is 9.97 Å². The van der Waals surface area contributed by atoms with E-state index in [1.807, 2.05) is 6.92 Å². The van der Waals surface area contributed by atoms with Gasteiger partial charge in [0.2, 0.25) is 0 Å². The SMILES string of the molecule is CCc1c(Cl)nc(C)nc1Cl. The predicted molar refractivity (Wildman–Crippen MR) is 46.2 cm³/mol. The van der Waals surface area contributed by atoms with Gasteiger partial charge in [-0.05, 0) is 13.3 Å². The van der Waals surface area contributed by atoms with E-state index in [2.05, 4.69) is 9.97 Å². The van der Waals surface area contributed by atoms with Crippen LogP contribution in [0.1, 0.15) is 18.3 Å². The molecule has 0 fully saturated rings. The molecule has 0 bridgehead atoms. The Balaban J connectivity index is 3.25. The number of aryl methyl sites for hydroxylation is 1. The Labute approximate surface area is 75.6 Å². The number of halogens is 2. The van der Waals surface area contributed by atoms with Gasteiger partial charge in [-0.3, -0.25) is 0 Å². The summed E-state index contributed by atoms with van der Waals surface area (Å²) in [6.07, 6.45) is 0.762. The minimum atomic E-state index is 0.463. The lowest BCUT2D eigenvalue weighted by molar-refractivity contribution is 0.991. The highest BCUT2D eigenvalue weighted by molar-refractivity contribution is 6.34. The molecule has 0 aliphatic heterocycles. The summed E-state index contributed by atoms with van der Waals surface area (Å²) < 4.78 is 0. The van der Waals surface area contributed by atoms with Gasteiger partial charge in [-0.2, -0.15) is 0 Å². The molecule has 0 radical (unpaired) electrons. The van der Waals surface area contributed by atoms with Gasteiger partial charge in [0.1, 0.15) is 16.1 Å². The van der Waals surface area contributed by atoms with E-state index in [9.17, 15) is 0 Å². The molecule has 0 unspecified atom stereocenters. The van der Waals surface area contributed by atoms with Gasteiger partial charge in [-0.15, -0.1) is 0 Å². The molecule has 0 amide bonds. The van der Waals surface area contributed by atoms with E-state index in [0.29, 0.717) is 16.1 Å². The number of hydrogen-bond donors (Lipinski definition) is 0. The molecule has 0 atom stereocenters. The maximum atomic E-state index is 5.80. The molecule has 1 heterocycles. The highest BCUT2D eigenvalue weighted by atomic mass is 35.5. The van der Waals surface area contributed by atoms with Crippen LogP contribution in [-0.2, 0) is 6.42 Å². The van der Waals surface area contributed by atoms with E-state index >= 15 is 0 Å². The minimum Gasteiger partial charge on any atom is -0.221 e. The second kappa shape index (κ2) is 3.37. The standard InChI is InChI=1S/C7H8Cl2N2/c1-3-5-6(8)10-4(2)11-7(5)9/h3H2,1-2H3. The fraction of sp³-hybridized carbons (Fsp3) is 0.429. The zero-order valence-electron chi connectivity index (χ0n) is 6.36. The zero-order chi connectivity index (χ0) is 8.43. The first-order valence-electron chi connectivity index (χ1n) is 3.33. The van der Waals surface area contributed by atoms with Gasteiger partial charge in [0.25, 0.3) is 0 Å². The van der Waals surface area contributed by atoms with Gasteiger partial charge in [-0.1, -0.05) is 30.1 Å².